The second-order valence-electron chi connectivity index (χ2n) is 10.5. The first-order valence-electron chi connectivity index (χ1n) is 13.7. The molecule has 1 heterocycles. The number of benzene rings is 2. The van der Waals surface area contributed by atoms with Crippen molar-refractivity contribution in [1.29, 1.82) is 0 Å². The lowest BCUT2D eigenvalue weighted by atomic mass is 9.79. The van der Waals surface area contributed by atoms with Crippen molar-refractivity contribution in [2.24, 2.45) is 5.92 Å². The van der Waals surface area contributed by atoms with Gasteiger partial charge in [-0.25, -0.2) is 0 Å². The number of hydrogen-bond donors (Lipinski definition) is 1. The fourth-order valence-corrected chi connectivity index (χ4v) is 6.32. The summed E-state index contributed by atoms with van der Waals surface area (Å²) in [6, 6.07) is 15.6. The molecular formula is C31H39NO4. The number of allylic oxidation sites excluding steroid dienone is 1. The normalized spacial score (nSPS) is 23.4. The van der Waals surface area contributed by atoms with Crippen LogP contribution in [0, 0.1) is 5.92 Å². The number of carbonyl (C=O) groups excluding carboxylic acids is 1. The van der Waals surface area contributed by atoms with Gasteiger partial charge in [-0.05, 0) is 72.9 Å². The van der Waals surface area contributed by atoms with Crippen LogP contribution >= 0.6 is 0 Å². The lowest BCUT2D eigenvalue weighted by Crippen LogP contribution is -2.43. The molecular weight excluding hydrogens is 450 g/mol. The highest BCUT2D eigenvalue weighted by molar-refractivity contribution is 5.92. The molecule has 0 unspecified atom stereocenters. The molecule has 5 rings (SSSR count). The molecule has 0 spiro atoms. The number of ether oxygens (including phenoxy) is 2. The predicted molar refractivity (Wildman–Crippen MR) is 141 cm³/mol. The summed E-state index contributed by atoms with van der Waals surface area (Å²) < 4.78 is 12.3. The van der Waals surface area contributed by atoms with Crippen molar-refractivity contribution in [2.75, 3.05) is 20.3 Å². The molecule has 2 aromatic rings. The fraction of sp³-hybridized carbons (Fsp3) is 0.516. The van der Waals surface area contributed by atoms with Crippen molar-refractivity contribution in [3.8, 4) is 11.1 Å². The van der Waals surface area contributed by atoms with Crippen LogP contribution in [0.15, 0.2) is 54.3 Å². The Bertz CT molecular complexity index is 1100. The van der Waals surface area contributed by atoms with E-state index in [1.54, 1.807) is 0 Å². The maximum absolute atomic E-state index is 13.6. The van der Waals surface area contributed by atoms with Gasteiger partial charge in [0.25, 0.3) is 5.91 Å². The average molecular weight is 490 g/mol. The first kappa shape index (κ1) is 25.0. The van der Waals surface area contributed by atoms with E-state index in [1.165, 1.54) is 47.1 Å². The SMILES string of the molecule is CCO[C@@H]1OC(C(=O)N(C)C2CCCCC2)=C[C@H](c2ccc3c(c2)Cc2ccccc2-3)[C@@H]1CCCO. The Kier molecular flexibility index (Phi) is 7.78. The Morgan fingerprint density at radius 2 is 1.86 bits per heavy atom. The van der Waals surface area contributed by atoms with Crippen molar-refractivity contribution in [2.45, 2.75) is 76.5 Å². The van der Waals surface area contributed by atoms with Gasteiger partial charge in [-0.3, -0.25) is 4.79 Å². The molecule has 5 nitrogen and oxygen atoms in total. The summed E-state index contributed by atoms with van der Waals surface area (Å²) in [6.45, 7) is 2.59. The molecule has 1 aliphatic heterocycles. The zero-order valence-corrected chi connectivity index (χ0v) is 21.6. The second-order valence-corrected chi connectivity index (χ2v) is 10.5. The Morgan fingerprint density at radius 1 is 1.08 bits per heavy atom. The summed E-state index contributed by atoms with van der Waals surface area (Å²) in [5, 5.41) is 9.60. The number of hydrogen-bond acceptors (Lipinski definition) is 4. The Labute approximate surface area is 215 Å². The minimum atomic E-state index is -0.513. The van der Waals surface area contributed by atoms with Crippen LogP contribution in [0.4, 0.5) is 0 Å². The fourth-order valence-electron chi connectivity index (χ4n) is 6.32. The molecule has 1 saturated carbocycles. The third kappa shape index (κ3) is 4.96. The van der Waals surface area contributed by atoms with Gasteiger partial charge in [0.15, 0.2) is 5.76 Å². The van der Waals surface area contributed by atoms with E-state index in [9.17, 15) is 9.90 Å². The highest BCUT2D eigenvalue weighted by Gasteiger charge is 2.39. The highest BCUT2D eigenvalue weighted by atomic mass is 16.7. The number of nitrogens with zero attached hydrogens (tertiary/aromatic N) is 1. The molecule has 2 aromatic carbocycles. The molecule has 1 fully saturated rings. The van der Waals surface area contributed by atoms with Gasteiger partial charge in [0.05, 0.1) is 0 Å². The van der Waals surface area contributed by atoms with E-state index in [1.807, 2.05) is 24.9 Å². The first-order valence-corrected chi connectivity index (χ1v) is 13.7. The molecule has 192 valence electrons. The minimum Gasteiger partial charge on any atom is -0.459 e. The lowest BCUT2D eigenvalue weighted by molar-refractivity contribution is -0.170. The van der Waals surface area contributed by atoms with E-state index < -0.39 is 6.29 Å². The predicted octanol–water partition coefficient (Wildman–Crippen LogP) is 5.80. The van der Waals surface area contributed by atoms with Crippen LogP contribution in [0.5, 0.6) is 0 Å². The highest BCUT2D eigenvalue weighted by Crippen LogP contribution is 2.43. The largest absolute Gasteiger partial charge is 0.459 e. The van der Waals surface area contributed by atoms with Crippen molar-refractivity contribution < 1.29 is 19.4 Å². The summed E-state index contributed by atoms with van der Waals surface area (Å²) in [5.74, 6) is 0.353. The topological polar surface area (TPSA) is 59.0 Å². The van der Waals surface area contributed by atoms with Gasteiger partial charge < -0.3 is 19.5 Å². The number of carbonyl (C=O) groups is 1. The van der Waals surface area contributed by atoms with E-state index in [2.05, 4.69) is 42.5 Å². The molecule has 0 aromatic heterocycles. The summed E-state index contributed by atoms with van der Waals surface area (Å²) in [7, 11) is 1.91. The molecule has 3 atom stereocenters. The summed E-state index contributed by atoms with van der Waals surface area (Å²) in [6.07, 6.45) is 9.59. The molecule has 0 bridgehead atoms. The quantitative estimate of drug-likeness (QED) is 0.435. The molecule has 3 aliphatic rings. The number of rotatable bonds is 8. The van der Waals surface area contributed by atoms with Gasteiger partial charge in [-0.1, -0.05) is 61.7 Å². The maximum atomic E-state index is 13.6. The maximum Gasteiger partial charge on any atom is 0.288 e. The minimum absolute atomic E-state index is 0.0189. The monoisotopic (exact) mass is 489 g/mol. The average Bonchev–Trinajstić information content (AvgIpc) is 3.29. The summed E-state index contributed by atoms with van der Waals surface area (Å²) in [4.78, 5) is 15.5. The van der Waals surface area contributed by atoms with Crippen LogP contribution in [0.1, 0.15) is 74.5 Å². The Morgan fingerprint density at radius 3 is 2.64 bits per heavy atom. The number of aliphatic hydroxyl groups excluding tert-OH is 1. The Balaban J connectivity index is 1.49. The zero-order valence-electron chi connectivity index (χ0n) is 21.6. The summed E-state index contributed by atoms with van der Waals surface area (Å²) >= 11 is 0. The number of aliphatic hydroxyl groups is 1. The molecule has 36 heavy (non-hydrogen) atoms. The van der Waals surface area contributed by atoms with Gasteiger partial charge in [0.2, 0.25) is 6.29 Å². The zero-order chi connectivity index (χ0) is 25.1. The van der Waals surface area contributed by atoms with Crippen molar-refractivity contribution in [3.63, 3.8) is 0 Å². The van der Waals surface area contributed by atoms with Gasteiger partial charge in [-0.15, -0.1) is 0 Å². The number of amides is 1. The van der Waals surface area contributed by atoms with E-state index in [0.717, 1.165) is 25.7 Å². The van der Waals surface area contributed by atoms with Crippen LogP contribution in [-0.2, 0) is 20.7 Å². The van der Waals surface area contributed by atoms with Crippen LogP contribution in [0.2, 0.25) is 0 Å². The van der Waals surface area contributed by atoms with Crippen LogP contribution in [0.3, 0.4) is 0 Å². The number of fused-ring (bicyclic) bond motifs is 3. The first-order chi connectivity index (χ1) is 17.6. The molecule has 1 amide bonds. The van der Waals surface area contributed by atoms with Gasteiger partial charge in [-0.2, -0.15) is 0 Å². The van der Waals surface area contributed by atoms with E-state index in [0.29, 0.717) is 18.8 Å². The van der Waals surface area contributed by atoms with Gasteiger partial charge in [0, 0.05) is 38.1 Å². The van der Waals surface area contributed by atoms with Gasteiger partial charge in [0.1, 0.15) is 0 Å². The third-order valence-corrected chi connectivity index (χ3v) is 8.27. The third-order valence-electron chi connectivity index (χ3n) is 8.27. The van der Waals surface area contributed by atoms with E-state index in [4.69, 9.17) is 9.47 Å². The van der Waals surface area contributed by atoms with Crippen LogP contribution in [0.25, 0.3) is 11.1 Å². The second kappa shape index (κ2) is 11.2. The molecule has 0 radical (unpaired) electrons. The van der Waals surface area contributed by atoms with Crippen molar-refractivity contribution in [1.82, 2.24) is 4.90 Å². The van der Waals surface area contributed by atoms with E-state index >= 15 is 0 Å². The van der Waals surface area contributed by atoms with Gasteiger partial charge >= 0.3 is 0 Å². The van der Waals surface area contributed by atoms with Crippen LogP contribution < -0.4 is 0 Å². The molecule has 2 aliphatic carbocycles. The summed E-state index contributed by atoms with van der Waals surface area (Å²) in [5.41, 5.74) is 6.49. The lowest BCUT2D eigenvalue weighted by Gasteiger charge is -2.39. The Hall–Kier alpha value is -2.63. The smallest absolute Gasteiger partial charge is 0.288 e. The van der Waals surface area contributed by atoms with Crippen LogP contribution in [-0.4, -0.2) is 48.5 Å². The molecule has 1 N–H and O–H groups in total. The standard InChI is InChI=1S/C31H39NO4/c1-3-35-31-27(14-9-17-33)28(20-29(36-31)30(34)32(2)24-11-5-4-6-12-24)22-15-16-26-23(19-22)18-21-10-7-8-13-25(21)26/h7-8,10,13,15-16,19-20,24,27-28,31,33H,3-6,9,11-12,14,17-18H2,1-2H3/t27-,28+,31+/m0/s1. The van der Waals surface area contributed by atoms with Crippen molar-refractivity contribution in [3.05, 3.63) is 71.0 Å². The number of likely N-dealkylation sites (N-methyl/N-ethyl adjacent to an activating group) is 1. The molecule has 0 saturated heterocycles. The van der Waals surface area contributed by atoms with E-state index in [-0.39, 0.29) is 30.4 Å². The molecule has 5 heteroatoms. The van der Waals surface area contributed by atoms with Crippen molar-refractivity contribution >= 4 is 5.91 Å².